The third-order valence-electron chi connectivity index (χ3n) is 8.25. The van der Waals surface area contributed by atoms with Crippen molar-refractivity contribution in [3.8, 4) is 11.3 Å². The number of halogens is 2. The number of rotatable bonds is 7. The van der Waals surface area contributed by atoms with E-state index in [1.165, 1.54) is 7.11 Å². The van der Waals surface area contributed by atoms with Gasteiger partial charge in [-0.15, -0.1) is 0 Å². The minimum absolute atomic E-state index is 0.00228. The summed E-state index contributed by atoms with van der Waals surface area (Å²) in [5.41, 5.74) is 4.10. The average Bonchev–Trinajstić information content (AvgIpc) is 3.64. The third-order valence-corrected chi connectivity index (χ3v) is 8.88. The van der Waals surface area contributed by atoms with E-state index in [0.717, 1.165) is 55.4 Å². The Balaban J connectivity index is 1.14. The van der Waals surface area contributed by atoms with Crippen molar-refractivity contribution in [1.29, 1.82) is 0 Å². The molecule has 1 saturated carbocycles. The number of carbonyl (C=O) groups is 2. The molecule has 3 atom stereocenters. The molecule has 2 unspecified atom stereocenters. The molecule has 1 N–H and O–H groups in total. The number of nitrogens with zero attached hydrogens (tertiary/aromatic N) is 2. The summed E-state index contributed by atoms with van der Waals surface area (Å²) in [4.78, 5) is 27.3. The smallest absolute Gasteiger partial charge is 0.337 e. The minimum Gasteiger partial charge on any atom is -0.465 e. The Morgan fingerprint density at radius 1 is 1.07 bits per heavy atom. The van der Waals surface area contributed by atoms with E-state index in [9.17, 15) is 9.59 Å². The Hall–Kier alpha value is -3.07. The fourth-order valence-corrected chi connectivity index (χ4v) is 6.60. The number of carbonyl (C=O) groups excluding carboxylic acids is 2. The molecule has 2 saturated heterocycles. The Labute approximate surface area is 242 Å². The van der Waals surface area contributed by atoms with Crippen molar-refractivity contribution in [2.45, 2.75) is 76.2 Å². The molecule has 2 aromatic carbocycles. The third kappa shape index (κ3) is 5.20. The molecule has 2 amide bonds. The molecule has 1 aliphatic carbocycles. The van der Waals surface area contributed by atoms with E-state index in [2.05, 4.69) is 10.5 Å². The number of ether oxygens (including phenoxy) is 2. The van der Waals surface area contributed by atoms with Gasteiger partial charge in [-0.25, -0.2) is 9.59 Å². The predicted octanol–water partition coefficient (Wildman–Crippen LogP) is 7.36. The van der Waals surface area contributed by atoms with Crippen LogP contribution >= 0.6 is 23.2 Å². The quantitative estimate of drug-likeness (QED) is 0.292. The van der Waals surface area contributed by atoms with Gasteiger partial charge in [0.2, 0.25) is 0 Å². The lowest BCUT2D eigenvalue weighted by atomic mass is 9.99. The van der Waals surface area contributed by atoms with E-state index in [4.69, 9.17) is 37.2 Å². The fraction of sp³-hybridized carbons (Fsp3) is 0.433. The van der Waals surface area contributed by atoms with Gasteiger partial charge < -0.3 is 24.2 Å². The van der Waals surface area contributed by atoms with E-state index in [1.807, 2.05) is 17.9 Å². The monoisotopic (exact) mass is 583 g/mol. The van der Waals surface area contributed by atoms with E-state index < -0.39 is 5.97 Å². The lowest BCUT2D eigenvalue weighted by Crippen LogP contribution is -2.50. The number of nitrogens with one attached hydrogen (secondary N) is 1. The minimum atomic E-state index is -0.439. The normalized spacial score (nSPS) is 21.9. The molecule has 3 fully saturated rings. The molecule has 0 radical (unpaired) electrons. The van der Waals surface area contributed by atoms with Gasteiger partial charge >= 0.3 is 12.0 Å². The Bertz CT molecular complexity index is 1420. The van der Waals surface area contributed by atoms with E-state index in [-0.39, 0.29) is 24.2 Å². The van der Waals surface area contributed by atoms with Crippen LogP contribution in [0.3, 0.4) is 0 Å². The summed E-state index contributed by atoms with van der Waals surface area (Å²) < 4.78 is 17.1. The Morgan fingerprint density at radius 2 is 1.77 bits per heavy atom. The second kappa shape index (κ2) is 11.1. The summed E-state index contributed by atoms with van der Waals surface area (Å²) in [5, 5.41) is 8.44. The first-order valence-corrected chi connectivity index (χ1v) is 14.4. The summed E-state index contributed by atoms with van der Waals surface area (Å²) in [6, 6.07) is 10.6. The van der Waals surface area contributed by atoms with Crippen LogP contribution in [-0.4, -0.2) is 47.4 Å². The van der Waals surface area contributed by atoms with Gasteiger partial charge in [0, 0.05) is 34.8 Å². The molecule has 1 aromatic heterocycles. The molecule has 3 aromatic rings. The van der Waals surface area contributed by atoms with Crippen LogP contribution in [0.2, 0.25) is 10.0 Å². The van der Waals surface area contributed by atoms with E-state index >= 15 is 0 Å². The van der Waals surface area contributed by atoms with E-state index in [0.29, 0.717) is 45.1 Å². The average molecular weight is 585 g/mol. The van der Waals surface area contributed by atoms with Crippen LogP contribution in [0.25, 0.3) is 11.3 Å². The maximum absolute atomic E-state index is 13.4. The number of methoxy groups -OCH3 is 1. The van der Waals surface area contributed by atoms with E-state index in [1.54, 1.807) is 30.3 Å². The maximum atomic E-state index is 13.4. The molecule has 2 bridgehead atoms. The number of benzene rings is 2. The zero-order valence-electron chi connectivity index (χ0n) is 22.4. The maximum Gasteiger partial charge on any atom is 0.337 e. The summed E-state index contributed by atoms with van der Waals surface area (Å²) in [6.45, 7) is 2.25. The zero-order valence-corrected chi connectivity index (χ0v) is 23.9. The van der Waals surface area contributed by atoms with Crippen molar-refractivity contribution in [3.05, 3.63) is 68.9 Å². The van der Waals surface area contributed by atoms with Gasteiger partial charge in [-0.3, -0.25) is 0 Å². The van der Waals surface area contributed by atoms with Crippen molar-refractivity contribution in [2.75, 3.05) is 12.4 Å². The predicted molar refractivity (Wildman–Crippen MR) is 152 cm³/mol. The first-order valence-electron chi connectivity index (χ1n) is 13.7. The van der Waals surface area contributed by atoms with Crippen molar-refractivity contribution in [3.63, 3.8) is 0 Å². The zero-order chi connectivity index (χ0) is 28.0. The lowest BCUT2D eigenvalue weighted by molar-refractivity contribution is -0.0158. The van der Waals surface area contributed by atoms with Gasteiger partial charge in [0.25, 0.3) is 0 Å². The van der Waals surface area contributed by atoms with Crippen LogP contribution in [0.5, 0.6) is 0 Å². The highest BCUT2D eigenvalue weighted by Crippen LogP contribution is 2.46. The van der Waals surface area contributed by atoms with Gasteiger partial charge in [0.15, 0.2) is 0 Å². The molecule has 210 valence electrons. The highest BCUT2D eigenvalue weighted by molar-refractivity contribution is 6.39. The molecule has 40 heavy (non-hydrogen) atoms. The molecular weight excluding hydrogens is 553 g/mol. The molecule has 8 nitrogen and oxygen atoms in total. The van der Waals surface area contributed by atoms with Gasteiger partial charge in [-0.1, -0.05) is 40.5 Å². The largest absolute Gasteiger partial charge is 0.465 e. The number of aromatic nitrogens is 1. The van der Waals surface area contributed by atoms with Crippen molar-refractivity contribution in [1.82, 2.24) is 10.1 Å². The molecule has 2 aliphatic heterocycles. The van der Waals surface area contributed by atoms with Crippen LogP contribution < -0.4 is 5.32 Å². The number of urea groups is 1. The molecule has 6 rings (SSSR count). The number of hydrogen-bond donors (Lipinski definition) is 1. The summed E-state index contributed by atoms with van der Waals surface area (Å²) in [7, 11) is 1.34. The second-order valence-corrected chi connectivity index (χ2v) is 11.7. The highest BCUT2D eigenvalue weighted by atomic mass is 35.5. The van der Waals surface area contributed by atoms with Crippen LogP contribution in [-0.2, 0) is 16.1 Å². The number of fused-ring (bicyclic) bond motifs is 2. The van der Waals surface area contributed by atoms with Crippen LogP contribution in [0.4, 0.5) is 10.5 Å². The van der Waals surface area contributed by atoms with Gasteiger partial charge in [0.1, 0.15) is 11.5 Å². The first kappa shape index (κ1) is 27.1. The molecular formula is C30H31Cl2N3O5. The lowest BCUT2D eigenvalue weighted by Gasteiger charge is -2.38. The Kier molecular flexibility index (Phi) is 7.50. The van der Waals surface area contributed by atoms with Gasteiger partial charge in [-0.05, 0) is 75.3 Å². The molecule has 3 aliphatic rings. The molecule has 10 heteroatoms. The van der Waals surface area contributed by atoms with Crippen molar-refractivity contribution < 1.29 is 23.6 Å². The summed E-state index contributed by atoms with van der Waals surface area (Å²) in [5.74, 6) is 0.769. The summed E-state index contributed by atoms with van der Waals surface area (Å²) in [6.07, 6.45) is 5.49. The number of piperidine rings is 1. The number of anilines is 1. The highest BCUT2D eigenvalue weighted by Gasteiger charge is 2.44. The molecule has 3 heterocycles. The van der Waals surface area contributed by atoms with Crippen molar-refractivity contribution in [2.24, 2.45) is 0 Å². The number of hydrogen-bond acceptors (Lipinski definition) is 6. The van der Waals surface area contributed by atoms with Crippen LogP contribution in [0.15, 0.2) is 40.9 Å². The second-order valence-electron chi connectivity index (χ2n) is 10.9. The van der Waals surface area contributed by atoms with Gasteiger partial charge in [0.05, 0.1) is 35.4 Å². The van der Waals surface area contributed by atoms with Crippen LogP contribution in [0.1, 0.15) is 71.7 Å². The Morgan fingerprint density at radius 3 is 2.42 bits per heavy atom. The van der Waals surface area contributed by atoms with Crippen LogP contribution in [0, 0.1) is 6.92 Å². The fourth-order valence-electron chi connectivity index (χ4n) is 6.03. The number of aryl methyl sites for hydroxylation is 1. The SMILES string of the molecule is COC(=O)c1ccc(C)c(NC(=O)N2C3CC[C@H]2CC(OCc2c(-c4c(Cl)cccc4Cl)noc2C2CC2)C3)c1. The number of amides is 2. The van der Waals surface area contributed by atoms with Crippen molar-refractivity contribution >= 4 is 40.9 Å². The first-order chi connectivity index (χ1) is 19.3. The summed E-state index contributed by atoms with van der Waals surface area (Å²) >= 11 is 13.0. The van der Waals surface area contributed by atoms with Gasteiger partial charge in [-0.2, -0.15) is 0 Å². The topological polar surface area (TPSA) is 93.9 Å². The number of esters is 1. The molecule has 0 spiro atoms. The standard InChI is InChI=1S/C30H31Cl2N3O5/c1-16-6-7-18(29(36)38-2)12-25(16)33-30(37)35-19-10-11-20(35)14-21(13-19)39-15-22-27(34-40-28(22)17-8-9-17)26-23(31)4-3-5-24(26)32/h3-7,12,17,19-21H,8-11,13-15H2,1-2H3,(H,33,37)/t19-,20?,21?/m0/s1.